The molecule has 0 spiro atoms. The Bertz CT molecular complexity index is 1440. The van der Waals surface area contributed by atoms with E-state index in [2.05, 4.69) is 63.7 Å². The number of H-pyrrole nitrogens is 1. The van der Waals surface area contributed by atoms with Gasteiger partial charge in [-0.1, -0.05) is 36.8 Å². The van der Waals surface area contributed by atoms with Crippen LogP contribution >= 0.6 is 0 Å². The summed E-state index contributed by atoms with van der Waals surface area (Å²) in [7, 11) is -2.55. The van der Waals surface area contributed by atoms with Crippen LogP contribution in [0.15, 0.2) is 64.3 Å². The Morgan fingerprint density at radius 2 is 1.73 bits per heavy atom. The number of rotatable bonds is 7. The van der Waals surface area contributed by atoms with Crippen molar-refractivity contribution in [3.63, 3.8) is 0 Å². The molecule has 5 rings (SSSR count). The summed E-state index contributed by atoms with van der Waals surface area (Å²) >= 11 is 0. The van der Waals surface area contributed by atoms with E-state index in [0.717, 1.165) is 70.2 Å². The molecule has 1 aromatic carbocycles. The molecule has 194 valence electrons. The molecule has 1 aliphatic carbocycles. The summed E-state index contributed by atoms with van der Waals surface area (Å²) in [6, 6.07) is 12.6. The topological polar surface area (TPSA) is 83.0 Å². The minimum absolute atomic E-state index is 0.0648. The summed E-state index contributed by atoms with van der Waals surface area (Å²) in [5.74, 6) is 5.48. The van der Waals surface area contributed by atoms with Gasteiger partial charge in [0.05, 0.1) is 32.5 Å². The number of hydrogen-bond donors (Lipinski definition) is 2. The Balaban J connectivity index is 1.32. The fraction of sp³-hybridized carbons (Fsp3) is 0.400. The molecule has 3 aromatic rings. The van der Waals surface area contributed by atoms with Crippen LogP contribution in [-0.4, -0.2) is 43.8 Å². The number of aryl methyl sites for hydroxylation is 1. The number of pyridine rings is 1. The van der Waals surface area contributed by atoms with Crippen LogP contribution in [0.2, 0.25) is 0 Å². The first-order chi connectivity index (χ1) is 17.7. The molecule has 2 aromatic heterocycles. The van der Waals surface area contributed by atoms with Crippen molar-refractivity contribution in [3.8, 4) is 22.5 Å². The lowest BCUT2D eigenvalue weighted by atomic mass is 9.71. The van der Waals surface area contributed by atoms with E-state index in [4.69, 9.17) is 4.98 Å². The molecule has 2 N–H and O–H groups in total. The number of imidazole rings is 1. The number of aliphatic imine (C=N–C) groups is 1. The first kappa shape index (κ1) is 25.6. The highest BCUT2D eigenvalue weighted by Crippen LogP contribution is 2.43. The van der Waals surface area contributed by atoms with Crippen molar-refractivity contribution >= 4 is 21.3 Å². The molecular weight excluding hydrogens is 478 g/mol. The standard InChI is InChI=1S/C30H37N5OS/c1-20-6-8-23(9-7-20)26-27(24-12-16-31-17-13-24)35-29(34-26)25-10-14-30(4,15-11-25)19-33-37(5,36)28-21(2)18-32-22(28)3/h6-9,12-13,16-17,25H,5,10-11,14-15,18-19H2,1-4H3,(H,33,36)(H,34,35). The molecule has 1 fully saturated rings. The highest BCUT2D eigenvalue weighted by molar-refractivity contribution is 8.03. The monoisotopic (exact) mass is 515 g/mol. The van der Waals surface area contributed by atoms with E-state index >= 15 is 0 Å². The highest BCUT2D eigenvalue weighted by Gasteiger charge is 2.34. The van der Waals surface area contributed by atoms with Gasteiger partial charge in [-0.3, -0.25) is 9.98 Å². The highest BCUT2D eigenvalue weighted by atomic mass is 32.2. The number of nitrogens with one attached hydrogen (secondary N) is 2. The zero-order valence-corrected chi connectivity index (χ0v) is 23.1. The van der Waals surface area contributed by atoms with E-state index in [0.29, 0.717) is 19.0 Å². The third-order valence-corrected chi connectivity index (χ3v) is 9.84. The summed E-state index contributed by atoms with van der Waals surface area (Å²) in [5.41, 5.74) is 7.46. The summed E-state index contributed by atoms with van der Waals surface area (Å²) in [4.78, 5) is 18.3. The van der Waals surface area contributed by atoms with Crippen molar-refractivity contribution in [3.05, 3.63) is 70.7 Å². The van der Waals surface area contributed by atoms with Crippen LogP contribution in [0.25, 0.3) is 22.5 Å². The molecule has 1 aliphatic heterocycles. The molecule has 0 radical (unpaired) electrons. The average molecular weight is 516 g/mol. The lowest BCUT2D eigenvalue weighted by Gasteiger charge is -2.37. The molecular formula is C30H37N5OS. The zero-order chi connectivity index (χ0) is 26.2. The zero-order valence-electron chi connectivity index (χ0n) is 22.3. The van der Waals surface area contributed by atoms with Crippen LogP contribution in [0.4, 0.5) is 0 Å². The largest absolute Gasteiger partial charge is 0.341 e. The third-order valence-electron chi connectivity index (χ3n) is 7.93. The molecule has 1 unspecified atom stereocenters. The maximum absolute atomic E-state index is 13.4. The van der Waals surface area contributed by atoms with Gasteiger partial charge >= 0.3 is 0 Å². The maximum atomic E-state index is 13.4. The Morgan fingerprint density at radius 1 is 1.05 bits per heavy atom. The number of allylic oxidation sites excluding steroid dienone is 1. The fourth-order valence-electron chi connectivity index (χ4n) is 5.57. The van der Waals surface area contributed by atoms with Gasteiger partial charge in [0.15, 0.2) is 0 Å². The van der Waals surface area contributed by atoms with Gasteiger partial charge in [0, 0.05) is 41.7 Å². The maximum Gasteiger partial charge on any atom is 0.110 e. The van der Waals surface area contributed by atoms with E-state index in [1.807, 2.05) is 38.4 Å². The molecule has 3 heterocycles. The van der Waals surface area contributed by atoms with Gasteiger partial charge in [-0.15, -0.1) is 0 Å². The van der Waals surface area contributed by atoms with Crippen LogP contribution in [0.5, 0.6) is 0 Å². The Labute approximate surface area is 220 Å². The van der Waals surface area contributed by atoms with Gasteiger partial charge < -0.3 is 4.98 Å². The van der Waals surface area contributed by atoms with Gasteiger partial charge in [0.2, 0.25) is 0 Å². The minimum atomic E-state index is -2.55. The van der Waals surface area contributed by atoms with Gasteiger partial charge in [-0.2, -0.15) is 0 Å². The number of benzene rings is 1. The van der Waals surface area contributed by atoms with Crippen molar-refractivity contribution in [2.45, 2.75) is 59.3 Å². The quantitative estimate of drug-likeness (QED) is 0.374. The van der Waals surface area contributed by atoms with Crippen LogP contribution < -0.4 is 4.72 Å². The van der Waals surface area contributed by atoms with Gasteiger partial charge in [0.1, 0.15) is 5.82 Å². The first-order valence-electron chi connectivity index (χ1n) is 13.1. The summed E-state index contributed by atoms with van der Waals surface area (Å²) in [6.45, 7) is 9.64. The van der Waals surface area contributed by atoms with Crippen molar-refractivity contribution in [2.75, 3.05) is 13.1 Å². The number of nitrogens with zero attached hydrogens (tertiary/aromatic N) is 3. The number of aromatic nitrogens is 3. The predicted octanol–water partition coefficient (Wildman–Crippen LogP) is 6.08. The fourth-order valence-corrected chi connectivity index (χ4v) is 7.47. The van der Waals surface area contributed by atoms with Crippen molar-refractivity contribution in [2.24, 2.45) is 10.4 Å². The lowest BCUT2D eigenvalue weighted by molar-refractivity contribution is 0.200. The Hall–Kier alpha value is -3.03. The molecule has 1 atom stereocenters. The molecule has 0 saturated heterocycles. The molecule has 37 heavy (non-hydrogen) atoms. The van der Waals surface area contributed by atoms with Crippen LogP contribution in [0, 0.1) is 12.3 Å². The normalized spacial score (nSPS) is 23.7. The number of hydrogen-bond acceptors (Lipinski definition) is 4. The van der Waals surface area contributed by atoms with Crippen LogP contribution in [0.1, 0.15) is 63.8 Å². The van der Waals surface area contributed by atoms with E-state index in [1.54, 1.807) is 0 Å². The van der Waals surface area contributed by atoms with Gasteiger partial charge in [0.25, 0.3) is 0 Å². The molecule has 1 saturated carbocycles. The molecule has 7 heteroatoms. The molecule has 0 amide bonds. The van der Waals surface area contributed by atoms with Gasteiger partial charge in [-0.25, -0.2) is 13.9 Å². The summed E-state index contributed by atoms with van der Waals surface area (Å²) in [5, 5.41) is 0. The lowest BCUT2D eigenvalue weighted by Crippen LogP contribution is -2.39. The van der Waals surface area contributed by atoms with Crippen molar-refractivity contribution in [1.82, 2.24) is 19.7 Å². The SMILES string of the molecule is C=S(=O)(NCC1(C)CCC(c2nc(-c3ccc(C)cc3)c(-c3ccncc3)[nH]2)CC1)C1=C(C)CN=C1C. The van der Waals surface area contributed by atoms with Crippen LogP contribution in [0.3, 0.4) is 0 Å². The number of aromatic amines is 1. The summed E-state index contributed by atoms with van der Waals surface area (Å²) < 4.78 is 16.8. The Morgan fingerprint density at radius 3 is 2.35 bits per heavy atom. The molecule has 2 aliphatic rings. The Kier molecular flexibility index (Phi) is 6.94. The van der Waals surface area contributed by atoms with E-state index < -0.39 is 9.71 Å². The first-order valence-corrected chi connectivity index (χ1v) is 14.8. The smallest absolute Gasteiger partial charge is 0.110 e. The van der Waals surface area contributed by atoms with E-state index in [1.165, 1.54) is 5.56 Å². The second-order valence-corrected chi connectivity index (χ2v) is 13.1. The van der Waals surface area contributed by atoms with E-state index in [-0.39, 0.29) is 5.41 Å². The van der Waals surface area contributed by atoms with Crippen LogP contribution in [-0.2, 0) is 9.71 Å². The summed E-state index contributed by atoms with van der Waals surface area (Å²) in [6.07, 6.45) is 7.80. The van der Waals surface area contributed by atoms with Crippen molar-refractivity contribution < 1.29 is 4.21 Å². The van der Waals surface area contributed by atoms with Gasteiger partial charge in [-0.05, 0) is 75.4 Å². The predicted molar refractivity (Wildman–Crippen MR) is 155 cm³/mol. The molecule has 0 bridgehead atoms. The minimum Gasteiger partial charge on any atom is -0.341 e. The molecule has 6 nitrogen and oxygen atoms in total. The average Bonchev–Trinajstić information content (AvgIpc) is 3.48. The van der Waals surface area contributed by atoms with E-state index in [9.17, 15) is 4.21 Å². The van der Waals surface area contributed by atoms with Crippen molar-refractivity contribution in [1.29, 1.82) is 0 Å². The second kappa shape index (κ2) is 10.0. The second-order valence-electron chi connectivity index (χ2n) is 11.0. The third kappa shape index (κ3) is 5.34.